The third-order valence-electron chi connectivity index (χ3n) is 3.26. The molecule has 2 aromatic carbocycles. The Balaban J connectivity index is 1.85. The smallest absolute Gasteiger partial charge is 0.264 e. The summed E-state index contributed by atoms with van der Waals surface area (Å²) in [6.45, 7) is 3.15. The molecule has 0 aromatic heterocycles. The topological polar surface area (TPSA) is 79.5 Å². The Labute approximate surface area is 179 Å². The van der Waals surface area contributed by atoms with Gasteiger partial charge in [-0.1, -0.05) is 15.9 Å². The average Bonchev–Trinajstić information content (AvgIpc) is 2.55. The molecule has 3 N–H and O–H groups in total. The highest BCUT2D eigenvalue weighted by molar-refractivity contribution is 9.11. The largest absolute Gasteiger partial charge is 0.482 e. The molecule has 0 atom stereocenters. The van der Waals surface area contributed by atoms with Gasteiger partial charge in [0.1, 0.15) is 5.75 Å². The van der Waals surface area contributed by atoms with Gasteiger partial charge in [0.15, 0.2) is 11.7 Å². The zero-order chi connectivity index (χ0) is 20.0. The molecule has 2 amide bonds. The summed E-state index contributed by atoms with van der Waals surface area (Å²) in [5.74, 6) is 0.0727. The Bertz CT molecular complexity index is 850. The Morgan fingerprint density at radius 2 is 1.67 bits per heavy atom. The van der Waals surface area contributed by atoms with Gasteiger partial charge in [-0.05, 0) is 77.0 Å². The fraction of sp³-hybridized carbons (Fsp3) is 0.167. The van der Waals surface area contributed by atoms with Crippen molar-refractivity contribution < 1.29 is 14.3 Å². The van der Waals surface area contributed by atoms with Crippen LogP contribution in [0.1, 0.15) is 12.5 Å². The van der Waals surface area contributed by atoms with Crippen molar-refractivity contribution in [1.29, 1.82) is 0 Å². The quantitative estimate of drug-likeness (QED) is 0.516. The van der Waals surface area contributed by atoms with E-state index in [1.165, 1.54) is 6.92 Å². The molecule has 2 rings (SSSR count). The van der Waals surface area contributed by atoms with Gasteiger partial charge in [-0.25, -0.2) is 0 Å². The van der Waals surface area contributed by atoms with E-state index in [2.05, 4.69) is 47.8 Å². The molecule has 0 saturated heterocycles. The standard InChI is InChI=1S/C18H17Br2N3O3S/c1-10-7-12(19)8-15(20)17(10)26-9-16(25)23-18(27)22-14-5-3-13(4-6-14)21-11(2)24/h3-8H,9H2,1-2H3,(H,21,24)(H2,22,23,25,27). The minimum Gasteiger partial charge on any atom is -0.482 e. The molecular weight excluding hydrogens is 498 g/mol. The highest BCUT2D eigenvalue weighted by Crippen LogP contribution is 2.32. The zero-order valence-corrected chi connectivity index (χ0v) is 18.5. The summed E-state index contributed by atoms with van der Waals surface area (Å²) in [4.78, 5) is 23.1. The molecule has 27 heavy (non-hydrogen) atoms. The van der Waals surface area contributed by atoms with E-state index in [0.717, 1.165) is 14.5 Å². The first-order valence-electron chi connectivity index (χ1n) is 7.81. The number of hydrogen-bond acceptors (Lipinski definition) is 4. The first kappa shape index (κ1) is 21.3. The number of ether oxygens (including phenoxy) is 1. The lowest BCUT2D eigenvalue weighted by molar-refractivity contribution is -0.121. The highest BCUT2D eigenvalue weighted by atomic mass is 79.9. The third-order valence-corrected chi connectivity index (χ3v) is 4.51. The molecule has 9 heteroatoms. The minimum absolute atomic E-state index is 0.147. The lowest BCUT2D eigenvalue weighted by atomic mass is 10.2. The fourth-order valence-electron chi connectivity index (χ4n) is 2.17. The predicted octanol–water partition coefficient (Wildman–Crippen LogP) is 4.37. The summed E-state index contributed by atoms with van der Waals surface area (Å²) >= 11 is 11.9. The fourth-order valence-corrected chi connectivity index (χ4v) is 3.96. The number of rotatable bonds is 5. The van der Waals surface area contributed by atoms with E-state index in [4.69, 9.17) is 17.0 Å². The Morgan fingerprint density at radius 1 is 1.07 bits per heavy atom. The monoisotopic (exact) mass is 513 g/mol. The number of carbonyl (C=O) groups is 2. The van der Waals surface area contributed by atoms with Crippen molar-refractivity contribution in [1.82, 2.24) is 5.32 Å². The van der Waals surface area contributed by atoms with E-state index in [-0.39, 0.29) is 23.5 Å². The SMILES string of the molecule is CC(=O)Nc1ccc(NC(=S)NC(=O)COc2c(C)cc(Br)cc2Br)cc1. The maximum Gasteiger partial charge on any atom is 0.264 e. The van der Waals surface area contributed by atoms with Crippen LogP contribution >= 0.6 is 44.1 Å². The maximum atomic E-state index is 12.0. The van der Waals surface area contributed by atoms with Crippen molar-refractivity contribution >= 4 is 72.4 Å². The maximum absolute atomic E-state index is 12.0. The Morgan fingerprint density at radius 3 is 2.22 bits per heavy atom. The van der Waals surface area contributed by atoms with Crippen LogP contribution in [-0.2, 0) is 9.59 Å². The van der Waals surface area contributed by atoms with Crippen molar-refractivity contribution in [3.63, 3.8) is 0 Å². The van der Waals surface area contributed by atoms with E-state index in [1.807, 2.05) is 19.1 Å². The van der Waals surface area contributed by atoms with Gasteiger partial charge in [0.25, 0.3) is 5.91 Å². The van der Waals surface area contributed by atoms with Crippen molar-refractivity contribution in [2.75, 3.05) is 17.2 Å². The second-order valence-electron chi connectivity index (χ2n) is 5.58. The van der Waals surface area contributed by atoms with Crippen LogP contribution < -0.4 is 20.7 Å². The minimum atomic E-state index is -0.378. The van der Waals surface area contributed by atoms with Crippen molar-refractivity contribution in [2.24, 2.45) is 0 Å². The van der Waals surface area contributed by atoms with E-state index < -0.39 is 0 Å². The molecule has 0 bridgehead atoms. The normalized spacial score (nSPS) is 10.1. The molecule has 0 aliphatic carbocycles. The van der Waals surface area contributed by atoms with Gasteiger partial charge in [-0.3, -0.25) is 14.9 Å². The summed E-state index contributed by atoms with van der Waals surface area (Å²) in [6.07, 6.45) is 0. The number of amides is 2. The van der Waals surface area contributed by atoms with Crippen LogP contribution in [0.4, 0.5) is 11.4 Å². The third kappa shape index (κ3) is 6.93. The van der Waals surface area contributed by atoms with E-state index in [1.54, 1.807) is 24.3 Å². The summed E-state index contributed by atoms with van der Waals surface area (Å²) < 4.78 is 7.25. The number of nitrogens with one attached hydrogen (secondary N) is 3. The van der Waals surface area contributed by atoms with Gasteiger partial charge in [0.05, 0.1) is 4.47 Å². The zero-order valence-electron chi connectivity index (χ0n) is 14.6. The highest BCUT2D eigenvalue weighted by Gasteiger charge is 2.11. The van der Waals surface area contributed by atoms with Crippen molar-refractivity contribution in [3.05, 3.63) is 50.9 Å². The van der Waals surface area contributed by atoms with Crippen molar-refractivity contribution in [3.8, 4) is 5.75 Å². The molecule has 0 saturated carbocycles. The van der Waals surface area contributed by atoms with Gasteiger partial charge < -0.3 is 15.4 Å². The van der Waals surface area contributed by atoms with Crippen LogP contribution in [0.15, 0.2) is 45.3 Å². The number of halogens is 2. The number of hydrogen-bond donors (Lipinski definition) is 3. The number of carbonyl (C=O) groups excluding carboxylic acids is 2. The first-order chi connectivity index (χ1) is 12.7. The number of anilines is 2. The molecule has 2 aromatic rings. The van der Waals surface area contributed by atoms with Crippen LogP contribution in [0.3, 0.4) is 0 Å². The van der Waals surface area contributed by atoms with Gasteiger partial charge in [-0.2, -0.15) is 0 Å². The van der Waals surface area contributed by atoms with E-state index in [9.17, 15) is 9.59 Å². The average molecular weight is 515 g/mol. The van der Waals surface area contributed by atoms with Crippen molar-refractivity contribution in [2.45, 2.75) is 13.8 Å². The Kier molecular flexibility index (Phi) is 7.76. The van der Waals surface area contributed by atoms with Crippen LogP contribution in [0.5, 0.6) is 5.75 Å². The van der Waals surface area contributed by atoms with Gasteiger partial charge in [-0.15, -0.1) is 0 Å². The molecule has 6 nitrogen and oxygen atoms in total. The molecule has 0 unspecified atom stereocenters. The molecular formula is C18H17Br2N3O3S. The number of aryl methyl sites for hydroxylation is 1. The Hall–Kier alpha value is -1.97. The molecule has 0 spiro atoms. The van der Waals surface area contributed by atoms with Crippen LogP contribution in [0.2, 0.25) is 0 Å². The first-order valence-corrected chi connectivity index (χ1v) is 9.81. The molecule has 142 valence electrons. The molecule has 0 fully saturated rings. The lowest BCUT2D eigenvalue weighted by Gasteiger charge is -2.13. The molecule has 0 aliphatic heterocycles. The summed E-state index contributed by atoms with van der Waals surface area (Å²) in [6, 6.07) is 10.7. The van der Waals surface area contributed by atoms with Gasteiger partial charge in [0.2, 0.25) is 5.91 Å². The second kappa shape index (κ2) is 9.82. The van der Waals surface area contributed by atoms with Crippen LogP contribution in [-0.4, -0.2) is 23.5 Å². The summed E-state index contributed by atoms with van der Waals surface area (Å²) in [5.41, 5.74) is 2.25. The molecule has 0 heterocycles. The van der Waals surface area contributed by atoms with Crippen LogP contribution in [0, 0.1) is 6.92 Å². The number of benzene rings is 2. The van der Waals surface area contributed by atoms with E-state index >= 15 is 0 Å². The van der Waals surface area contributed by atoms with Gasteiger partial charge >= 0.3 is 0 Å². The second-order valence-corrected chi connectivity index (χ2v) is 7.76. The van der Waals surface area contributed by atoms with E-state index in [0.29, 0.717) is 17.1 Å². The van der Waals surface area contributed by atoms with Crippen LogP contribution in [0.25, 0.3) is 0 Å². The summed E-state index contributed by atoms with van der Waals surface area (Å²) in [7, 11) is 0. The van der Waals surface area contributed by atoms with Gasteiger partial charge in [0, 0.05) is 22.8 Å². The molecule has 0 radical (unpaired) electrons. The summed E-state index contributed by atoms with van der Waals surface area (Å²) in [5, 5.41) is 8.28. The number of thiocarbonyl (C=S) groups is 1. The molecule has 0 aliphatic rings. The lowest BCUT2D eigenvalue weighted by Crippen LogP contribution is -2.37. The predicted molar refractivity (Wildman–Crippen MR) is 117 cm³/mol.